The van der Waals surface area contributed by atoms with Gasteiger partial charge in [0.15, 0.2) is 0 Å². The van der Waals surface area contributed by atoms with Crippen LogP contribution in [0.15, 0.2) is 0 Å². The second-order valence-electron chi connectivity index (χ2n) is 6.02. The van der Waals surface area contributed by atoms with Gasteiger partial charge in [-0.15, -0.1) is 11.8 Å². The lowest BCUT2D eigenvalue weighted by atomic mass is 10.0. The van der Waals surface area contributed by atoms with Gasteiger partial charge in [-0.1, -0.05) is 27.7 Å². The molecule has 0 radical (unpaired) electrons. The van der Waals surface area contributed by atoms with Crippen LogP contribution in [0.4, 0.5) is 0 Å². The van der Waals surface area contributed by atoms with Gasteiger partial charge < -0.3 is 5.32 Å². The van der Waals surface area contributed by atoms with E-state index in [2.05, 4.69) is 44.8 Å². The highest BCUT2D eigenvalue weighted by atomic mass is 32.2. The molecule has 1 fully saturated rings. The molecule has 0 saturated carbocycles. The fourth-order valence-corrected chi connectivity index (χ4v) is 5.60. The van der Waals surface area contributed by atoms with Crippen molar-refractivity contribution in [3.63, 3.8) is 0 Å². The second kappa shape index (κ2) is 5.85. The Labute approximate surface area is 130 Å². The van der Waals surface area contributed by atoms with Gasteiger partial charge >= 0.3 is 0 Å². The third kappa shape index (κ3) is 2.72. The molecule has 2 aliphatic heterocycles. The number of thioether (sulfide) groups is 2. The zero-order valence-electron chi connectivity index (χ0n) is 12.6. The summed E-state index contributed by atoms with van der Waals surface area (Å²) in [6.07, 6.45) is 0. The number of hydrogen-bond donors (Lipinski definition) is 1. The molecule has 3 rings (SSSR count). The molecule has 1 saturated heterocycles. The van der Waals surface area contributed by atoms with Gasteiger partial charge in [-0.05, 0) is 5.92 Å². The first-order valence-corrected chi connectivity index (χ1v) is 9.42. The highest BCUT2D eigenvalue weighted by molar-refractivity contribution is 8.07. The van der Waals surface area contributed by atoms with E-state index >= 15 is 0 Å². The third-order valence-electron chi connectivity index (χ3n) is 4.12. The Hall–Kier alpha value is -0.260. The summed E-state index contributed by atoms with van der Waals surface area (Å²) >= 11 is 4.11. The Morgan fingerprint density at radius 1 is 1.15 bits per heavy atom. The van der Waals surface area contributed by atoms with Gasteiger partial charge in [0.05, 0.1) is 16.6 Å². The molecule has 0 bridgehead atoms. The zero-order valence-corrected chi connectivity index (χ0v) is 14.3. The summed E-state index contributed by atoms with van der Waals surface area (Å²) < 4.78 is 0. The average molecular weight is 310 g/mol. The number of aromatic nitrogens is 2. The normalized spacial score (nSPS) is 29.8. The highest BCUT2D eigenvalue weighted by Crippen LogP contribution is 2.43. The van der Waals surface area contributed by atoms with Crippen LogP contribution < -0.4 is 5.32 Å². The van der Waals surface area contributed by atoms with Gasteiger partial charge in [-0.3, -0.25) is 0 Å². The third-order valence-corrected chi connectivity index (χ3v) is 7.51. The molecule has 3 unspecified atom stereocenters. The Kier molecular flexibility index (Phi) is 4.29. The van der Waals surface area contributed by atoms with E-state index in [-0.39, 0.29) is 0 Å². The molecule has 1 aromatic heterocycles. The van der Waals surface area contributed by atoms with Gasteiger partial charge in [0.2, 0.25) is 0 Å². The molecule has 0 amide bonds. The quantitative estimate of drug-likeness (QED) is 0.905. The van der Waals surface area contributed by atoms with Crippen LogP contribution in [0.3, 0.4) is 0 Å². The lowest BCUT2D eigenvalue weighted by molar-refractivity contribution is 0.744. The predicted octanol–water partition coefficient (Wildman–Crippen LogP) is 3.50. The Balaban J connectivity index is 1.92. The summed E-state index contributed by atoms with van der Waals surface area (Å²) in [5, 5.41) is 5.28. The number of rotatable bonds is 2. The summed E-state index contributed by atoms with van der Waals surface area (Å²) in [5.74, 6) is 2.68. The van der Waals surface area contributed by atoms with E-state index < -0.39 is 0 Å². The van der Waals surface area contributed by atoms with Crippen molar-refractivity contribution in [1.29, 1.82) is 0 Å². The summed E-state index contributed by atoms with van der Waals surface area (Å²) in [7, 11) is 0. The van der Waals surface area contributed by atoms with Crippen LogP contribution in [0, 0.1) is 0 Å². The maximum absolute atomic E-state index is 4.94. The van der Waals surface area contributed by atoms with Gasteiger partial charge in [0.1, 0.15) is 5.82 Å². The molecule has 110 valence electrons. The maximum Gasteiger partial charge on any atom is 0.142 e. The summed E-state index contributed by atoms with van der Waals surface area (Å²) in [4.78, 5) is 9.81. The molecule has 5 heteroatoms. The van der Waals surface area contributed by atoms with Crippen molar-refractivity contribution in [2.24, 2.45) is 0 Å². The lowest BCUT2D eigenvalue weighted by Crippen LogP contribution is -2.23. The molecule has 1 aromatic rings. The van der Waals surface area contributed by atoms with Crippen LogP contribution in [-0.2, 0) is 13.1 Å². The molecule has 3 atom stereocenters. The minimum absolute atomic E-state index is 0.453. The van der Waals surface area contributed by atoms with E-state index in [1.807, 2.05) is 11.8 Å². The van der Waals surface area contributed by atoms with E-state index in [0.29, 0.717) is 16.4 Å². The number of fused-ring (bicyclic) bond motifs is 1. The standard InChI is InChI=1S/C15H23N3S2/c1-8(2)14-11-5-16-6-12(11)17-15(18-14)13-7-19-9(3)10(4)20-13/h8-10,13,16H,5-7H2,1-4H3. The van der Waals surface area contributed by atoms with Crippen molar-refractivity contribution in [2.75, 3.05) is 5.75 Å². The van der Waals surface area contributed by atoms with Crippen molar-refractivity contribution in [2.45, 2.75) is 62.5 Å². The molecular weight excluding hydrogens is 286 g/mol. The van der Waals surface area contributed by atoms with Gasteiger partial charge in [-0.25, -0.2) is 9.97 Å². The van der Waals surface area contributed by atoms with Crippen molar-refractivity contribution in [3.05, 3.63) is 22.8 Å². The zero-order chi connectivity index (χ0) is 14.3. The Morgan fingerprint density at radius 2 is 1.95 bits per heavy atom. The van der Waals surface area contributed by atoms with E-state index in [1.54, 1.807) is 0 Å². The molecule has 3 heterocycles. The van der Waals surface area contributed by atoms with Crippen LogP contribution in [0.1, 0.15) is 61.6 Å². The van der Waals surface area contributed by atoms with Crippen molar-refractivity contribution < 1.29 is 0 Å². The molecule has 3 nitrogen and oxygen atoms in total. The lowest BCUT2D eigenvalue weighted by Gasteiger charge is -2.30. The molecule has 1 N–H and O–H groups in total. The fourth-order valence-electron chi connectivity index (χ4n) is 2.75. The van der Waals surface area contributed by atoms with Crippen molar-refractivity contribution in [3.8, 4) is 0 Å². The molecule has 0 aromatic carbocycles. The van der Waals surface area contributed by atoms with Gasteiger partial charge in [-0.2, -0.15) is 11.8 Å². The first-order chi connectivity index (χ1) is 9.56. The number of nitrogens with one attached hydrogen (secondary N) is 1. The fraction of sp³-hybridized carbons (Fsp3) is 0.733. The number of hydrogen-bond acceptors (Lipinski definition) is 5. The average Bonchev–Trinajstić information content (AvgIpc) is 2.88. The van der Waals surface area contributed by atoms with Gasteiger partial charge in [0, 0.05) is 34.9 Å². The predicted molar refractivity (Wildman–Crippen MR) is 88.4 cm³/mol. The summed E-state index contributed by atoms with van der Waals surface area (Å²) in [6, 6.07) is 0. The van der Waals surface area contributed by atoms with Crippen molar-refractivity contribution in [1.82, 2.24) is 15.3 Å². The van der Waals surface area contributed by atoms with E-state index in [0.717, 1.165) is 29.9 Å². The first kappa shape index (κ1) is 14.7. The first-order valence-electron chi connectivity index (χ1n) is 7.43. The Bertz CT molecular complexity index is 504. The molecule has 0 aliphatic carbocycles. The monoisotopic (exact) mass is 309 g/mol. The Morgan fingerprint density at radius 3 is 2.65 bits per heavy atom. The summed E-state index contributed by atoms with van der Waals surface area (Å²) in [6.45, 7) is 11.0. The largest absolute Gasteiger partial charge is 0.307 e. The van der Waals surface area contributed by atoms with Gasteiger partial charge in [0.25, 0.3) is 0 Å². The van der Waals surface area contributed by atoms with Crippen molar-refractivity contribution >= 4 is 23.5 Å². The van der Waals surface area contributed by atoms with Crippen LogP contribution >= 0.6 is 23.5 Å². The smallest absolute Gasteiger partial charge is 0.142 e. The topological polar surface area (TPSA) is 37.8 Å². The highest BCUT2D eigenvalue weighted by Gasteiger charge is 2.30. The SMILES string of the molecule is CC(C)c1nc(C2CSC(C)C(C)S2)nc2c1CNC2. The number of nitrogens with zero attached hydrogens (tertiary/aromatic N) is 2. The van der Waals surface area contributed by atoms with Crippen LogP contribution in [0.5, 0.6) is 0 Å². The molecule has 2 aliphatic rings. The summed E-state index contributed by atoms with van der Waals surface area (Å²) in [5.41, 5.74) is 3.83. The maximum atomic E-state index is 4.94. The van der Waals surface area contributed by atoms with Crippen LogP contribution in [0.25, 0.3) is 0 Å². The minimum Gasteiger partial charge on any atom is -0.307 e. The second-order valence-corrected chi connectivity index (χ2v) is 9.01. The van der Waals surface area contributed by atoms with E-state index in [1.165, 1.54) is 17.0 Å². The molecule has 0 spiro atoms. The van der Waals surface area contributed by atoms with Crippen LogP contribution in [0.2, 0.25) is 0 Å². The van der Waals surface area contributed by atoms with E-state index in [9.17, 15) is 0 Å². The molecular formula is C15H23N3S2. The van der Waals surface area contributed by atoms with Crippen LogP contribution in [-0.4, -0.2) is 26.2 Å². The minimum atomic E-state index is 0.453. The van der Waals surface area contributed by atoms with E-state index in [4.69, 9.17) is 9.97 Å². The molecule has 20 heavy (non-hydrogen) atoms.